The van der Waals surface area contributed by atoms with Crippen molar-refractivity contribution in [3.63, 3.8) is 0 Å². The van der Waals surface area contributed by atoms with Gasteiger partial charge in [-0.2, -0.15) is 0 Å². The molecule has 1 aliphatic rings. The summed E-state index contributed by atoms with van der Waals surface area (Å²) in [6.07, 6.45) is 6.65. The lowest BCUT2D eigenvalue weighted by atomic mass is 9.97. The van der Waals surface area contributed by atoms with Gasteiger partial charge in [-0.25, -0.2) is 0 Å². The number of ether oxygens (including phenoxy) is 2. The zero-order chi connectivity index (χ0) is 12.8. The zero-order valence-electron chi connectivity index (χ0n) is 11.1. The molecule has 0 aliphatic heterocycles. The maximum atomic E-state index is 6.13. The van der Waals surface area contributed by atoms with Crippen LogP contribution in [0.1, 0.15) is 43.8 Å². The van der Waals surface area contributed by atoms with Gasteiger partial charge in [-0.3, -0.25) is 0 Å². The highest BCUT2D eigenvalue weighted by Gasteiger charge is 2.19. The van der Waals surface area contributed by atoms with Crippen LogP contribution in [-0.4, -0.2) is 19.8 Å². The van der Waals surface area contributed by atoms with E-state index < -0.39 is 0 Å². The molecule has 3 nitrogen and oxygen atoms in total. The quantitative estimate of drug-likeness (QED) is 0.872. The highest BCUT2D eigenvalue weighted by atomic mass is 16.5. The number of hydrogen-bond donors (Lipinski definition) is 1. The van der Waals surface area contributed by atoms with Crippen molar-refractivity contribution in [2.75, 3.05) is 13.7 Å². The van der Waals surface area contributed by atoms with Crippen molar-refractivity contribution in [1.29, 1.82) is 0 Å². The molecule has 0 radical (unpaired) electrons. The average molecular weight is 249 g/mol. The summed E-state index contributed by atoms with van der Waals surface area (Å²) < 4.78 is 11.3. The second-order valence-electron chi connectivity index (χ2n) is 4.89. The van der Waals surface area contributed by atoms with Crippen molar-refractivity contribution in [3.05, 3.63) is 29.8 Å². The van der Waals surface area contributed by atoms with Crippen molar-refractivity contribution in [1.82, 2.24) is 0 Å². The molecule has 0 bridgehead atoms. The molecule has 1 aromatic carbocycles. The SMILES string of the molecule is COc1ccc(C(CN)OC2CCCCC2)cc1. The summed E-state index contributed by atoms with van der Waals surface area (Å²) in [6.45, 7) is 0.531. The Hall–Kier alpha value is -1.06. The van der Waals surface area contributed by atoms with Gasteiger partial charge in [0.2, 0.25) is 0 Å². The molecular formula is C15H23NO2. The first kappa shape index (κ1) is 13.4. The van der Waals surface area contributed by atoms with Crippen LogP contribution < -0.4 is 10.5 Å². The smallest absolute Gasteiger partial charge is 0.118 e. The molecule has 100 valence electrons. The standard InChI is InChI=1S/C15H23NO2/c1-17-13-9-7-12(8-10-13)15(11-16)18-14-5-3-2-4-6-14/h7-10,14-15H,2-6,11,16H2,1H3. The first-order chi connectivity index (χ1) is 8.83. The third-order valence-electron chi connectivity index (χ3n) is 3.61. The summed E-state index contributed by atoms with van der Waals surface area (Å²) in [6, 6.07) is 8.00. The van der Waals surface area contributed by atoms with Crippen molar-refractivity contribution in [3.8, 4) is 5.75 Å². The minimum absolute atomic E-state index is 0.0130. The minimum Gasteiger partial charge on any atom is -0.497 e. The van der Waals surface area contributed by atoms with Crippen LogP contribution in [0, 0.1) is 0 Å². The fourth-order valence-electron chi connectivity index (χ4n) is 2.52. The van der Waals surface area contributed by atoms with Gasteiger partial charge < -0.3 is 15.2 Å². The molecule has 1 atom stereocenters. The van der Waals surface area contributed by atoms with Crippen LogP contribution in [0.5, 0.6) is 5.75 Å². The molecule has 2 N–H and O–H groups in total. The van der Waals surface area contributed by atoms with E-state index in [1.165, 1.54) is 32.1 Å². The van der Waals surface area contributed by atoms with E-state index in [2.05, 4.69) is 0 Å². The van der Waals surface area contributed by atoms with E-state index in [1.807, 2.05) is 24.3 Å². The molecule has 1 saturated carbocycles. The van der Waals surface area contributed by atoms with Gasteiger partial charge in [0.05, 0.1) is 19.3 Å². The van der Waals surface area contributed by atoms with E-state index in [0.717, 1.165) is 11.3 Å². The normalized spacial score (nSPS) is 18.6. The van der Waals surface area contributed by atoms with E-state index in [1.54, 1.807) is 7.11 Å². The van der Waals surface area contributed by atoms with Crippen molar-refractivity contribution in [2.45, 2.75) is 44.3 Å². The third-order valence-corrected chi connectivity index (χ3v) is 3.61. The second kappa shape index (κ2) is 6.76. The van der Waals surface area contributed by atoms with Crippen LogP contribution in [0.3, 0.4) is 0 Å². The lowest BCUT2D eigenvalue weighted by molar-refractivity contribution is -0.0269. The number of hydrogen-bond acceptors (Lipinski definition) is 3. The maximum Gasteiger partial charge on any atom is 0.118 e. The zero-order valence-corrected chi connectivity index (χ0v) is 11.1. The molecule has 2 rings (SSSR count). The highest BCUT2D eigenvalue weighted by molar-refractivity contribution is 5.28. The predicted octanol–water partition coefficient (Wildman–Crippen LogP) is 3.04. The van der Waals surface area contributed by atoms with Gasteiger partial charge in [-0.1, -0.05) is 31.4 Å². The van der Waals surface area contributed by atoms with E-state index in [0.29, 0.717) is 12.6 Å². The summed E-state index contributed by atoms with van der Waals surface area (Å²) in [5, 5.41) is 0. The lowest BCUT2D eigenvalue weighted by Crippen LogP contribution is -2.24. The molecule has 1 aromatic rings. The monoisotopic (exact) mass is 249 g/mol. The largest absolute Gasteiger partial charge is 0.497 e. The summed E-state index contributed by atoms with van der Waals surface area (Å²) in [5.41, 5.74) is 6.98. The molecule has 3 heteroatoms. The fraction of sp³-hybridized carbons (Fsp3) is 0.600. The highest BCUT2D eigenvalue weighted by Crippen LogP contribution is 2.27. The summed E-state index contributed by atoms with van der Waals surface area (Å²) in [4.78, 5) is 0. The predicted molar refractivity (Wildman–Crippen MR) is 72.7 cm³/mol. The number of nitrogens with two attached hydrogens (primary N) is 1. The van der Waals surface area contributed by atoms with Crippen LogP contribution in [0.15, 0.2) is 24.3 Å². The molecule has 0 spiro atoms. The minimum atomic E-state index is 0.0130. The van der Waals surface area contributed by atoms with Crippen LogP contribution >= 0.6 is 0 Å². The Morgan fingerprint density at radius 2 is 1.83 bits per heavy atom. The summed E-state index contributed by atoms with van der Waals surface area (Å²) in [7, 11) is 1.67. The fourth-order valence-corrected chi connectivity index (χ4v) is 2.52. The number of methoxy groups -OCH3 is 1. The van der Waals surface area contributed by atoms with Crippen LogP contribution in [0.2, 0.25) is 0 Å². The van der Waals surface area contributed by atoms with Gasteiger partial charge in [-0.15, -0.1) is 0 Å². The average Bonchev–Trinajstić information content (AvgIpc) is 2.46. The molecule has 0 aromatic heterocycles. The van der Waals surface area contributed by atoms with Crippen LogP contribution in [0.25, 0.3) is 0 Å². The van der Waals surface area contributed by atoms with E-state index in [-0.39, 0.29) is 6.10 Å². The molecular weight excluding hydrogens is 226 g/mol. The van der Waals surface area contributed by atoms with E-state index >= 15 is 0 Å². The van der Waals surface area contributed by atoms with Crippen LogP contribution in [-0.2, 0) is 4.74 Å². The third kappa shape index (κ3) is 3.47. The van der Waals surface area contributed by atoms with Gasteiger partial charge >= 0.3 is 0 Å². The van der Waals surface area contributed by atoms with Gasteiger partial charge in [0.1, 0.15) is 5.75 Å². The number of rotatable bonds is 5. The Morgan fingerprint density at radius 3 is 2.39 bits per heavy atom. The first-order valence-corrected chi connectivity index (χ1v) is 6.83. The number of benzene rings is 1. The first-order valence-electron chi connectivity index (χ1n) is 6.83. The molecule has 0 amide bonds. The summed E-state index contributed by atoms with van der Waals surface area (Å²) in [5.74, 6) is 0.868. The molecule has 0 heterocycles. The molecule has 1 unspecified atom stereocenters. The maximum absolute atomic E-state index is 6.13. The molecule has 0 saturated heterocycles. The topological polar surface area (TPSA) is 44.5 Å². The van der Waals surface area contributed by atoms with Crippen molar-refractivity contribution < 1.29 is 9.47 Å². The Balaban J connectivity index is 1.97. The van der Waals surface area contributed by atoms with Crippen molar-refractivity contribution in [2.24, 2.45) is 5.73 Å². The van der Waals surface area contributed by atoms with Gasteiger partial charge in [0.25, 0.3) is 0 Å². The Kier molecular flexibility index (Phi) is 5.02. The van der Waals surface area contributed by atoms with Gasteiger partial charge in [0.15, 0.2) is 0 Å². The van der Waals surface area contributed by atoms with E-state index in [9.17, 15) is 0 Å². The molecule has 1 aliphatic carbocycles. The Labute approximate surface area is 109 Å². The Bertz CT molecular complexity index is 344. The molecule has 1 fully saturated rings. The lowest BCUT2D eigenvalue weighted by Gasteiger charge is -2.27. The Morgan fingerprint density at radius 1 is 1.17 bits per heavy atom. The molecule has 18 heavy (non-hydrogen) atoms. The summed E-state index contributed by atoms with van der Waals surface area (Å²) >= 11 is 0. The second-order valence-corrected chi connectivity index (χ2v) is 4.89. The van der Waals surface area contributed by atoms with Gasteiger partial charge in [-0.05, 0) is 30.5 Å². The van der Waals surface area contributed by atoms with E-state index in [4.69, 9.17) is 15.2 Å². The van der Waals surface area contributed by atoms with Gasteiger partial charge in [0, 0.05) is 6.54 Å². The van der Waals surface area contributed by atoms with Crippen molar-refractivity contribution >= 4 is 0 Å². The van der Waals surface area contributed by atoms with Crippen LogP contribution in [0.4, 0.5) is 0 Å².